The van der Waals surface area contributed by atoms with Crippen molar-refractivity contribution in [3.63, 3.8) is 0 Å². The molecule has 1 atom stereocenters. The Morgan fingerprint density at radius 2 is 2.00 bits per heavy atom. The van der Waals surface area contributed by atoms with E-state index in [2.05, 4.69) is 16.5 Å². The number of methoxy groups -OCH3 is 1. The number of nitrogens with zero attached hydrogens (tertiary/aromatic N) is 3. The van der Waals surface area contributed by atoms with Crippen LogP contribution < -0.4 is 21.9 Å². The van der Waals surface area contributed by atoms with E-state index < -0.39 is 0 Å². The number of guanidine groups is 1. The van der Waals surface area contributed by atoms with Gasteiger partial charge < -0.3 is 31.4 Å². The van der Waals surface area contributed by atoms with Crippen LogP contribution in [0.2, 0.25) is 0 Å². The molecule has 1 aliphatic heterocycles. The summed E-state index contributed by atoms with van der Waals surface area (Å²) in [7, 11) is 1.66. The Morgan fingerprint density at radius 1 is 1.19 bits per heavy atom. The second-order valence-electron chi connectivity index (χ2n) is 6.60. The minimum absolute atomic E-state index is 0.318. The van der Waals surface area contributed by atoms with Gasteiger partial charge in [-0.25, -0.2) is 4.99 Å². The van der Waals surface area contributed by atoms with Crippen molar-refractivity contribution in [1.82, 2.24) is 9.47 Å². The Kier molecular flexibility index (Phi) is 5.37. The highest BCUT2D eigenvalue weighted by atomic mass is 16.5. The number of fused-ring (bicyclic) bond motifs is 1. The molecule has 0 spiro atoms. The van der Waals surface area contributed by atoms with E-state index in [-0.39, 0.29) is 6.17 Å². The molecule has 140 valence electrons. The van der Waals surface area contributed by atoms with Crippen LogP contribution in [0, 0.1) is 0 Å². The van der Waals surface area contributed by atoms with Gasteiger partial charge in [-0.2, -0.15) is 0 Å². The number of benzene rings is 1. The first kappa shape index (κ1) is 18.1. The number of rotatable bonds is 7. The fraction of sp³-hybridized carbons (Fsp3) is 0.421. The van der Waals surface area contributed by atoms with Crippen LogP contribution in [0.1, 0.15) is 43.6 Å². The van der Waals surface area contributed by atoms with E-state index >= 15 is 0 Å². The Hall–Kier alpha value is -2.67. The fourth-order valence-electron chi connectivity index (χ4n) is 3.40. The normalized spacial score (nSPS) is 16.3. The highest BCUT2D eigenvalue weighted by molar-refractivity contribution is 5.84. The molecule has 7 nitrogen and oxygen atoms in total. The topological polar surface area (TPSA) is 108 Å². The molecule has 0 saturated carbocycles. The third kappa shape index (κ3) is 3.48. The van der Waals surface area contributed by atoms with Crippen LogP contribution in [0.15, 0.2) is 35.5 Å². The van der Waals surface area contributed by atoms with E-state index in [1.165, 1.54) is 0 Å². The van der Waals surface area contributed by atoms with Gasteiger partial charge in [0.25, 0.3) is 0 Å². The van der Waals surface area contributed by atoms with Gasteiger partial charge in [-0.15, -0.1) is 0 Å². The number of aliphatic imine (C=N–C) groups is 1. The highest BCUT2D eigenvalue weighted by Crippen LogP contribution is 2.34. The zero-order valence-electron chi connectivity index (χ0n) is 15.5. The van der Waals surface area contributed by atoms with Crippen molar-refractivity contribution >= 4 is 17.3 Å². The van der Waals surface area contributed by atoms with Crippen LogP contribution in [0.25, 0.3) is 0 Å². The predicted octanol–water partition coefficient (Wildman–Crippen LogP) is 2.54. The smallest absolute Gasteiger partial charge is 0.198 e. The number of hydrogen-bond acceptors (Lipinski definition) is 6. The van der Waals surface area contributed by atoms with Crippen LogP contribution in [0.3, 0.4) is 0 Å². The molecule has 7 heteroatoms. The molecular weight excluding hydrogens is 328 g/mol. The van der Waals surface area contributed by atoms with Crippen LogP contribution in [-0.4, -0.2) is 29.1 Å². The van der Waals surface area contributed by atoms with Crippen LogP contribution in [0.4, 0.5) is 11.4 Å². The second-order valence-corrected chi connectivity index (χ2v) is 6.60. The summed E-state index contributed by atoms with van der Waals surface area (Å²) in [6.45, 7) is 3.59. The van der Waals surface area contributed by atoms with Gasteiger partial charge in [0, 0.05) is 24.0 Å². The van der Waals surface area contributed by atoms with Crippen LogP contribution >= 0.6 is 0 Å². The molecule has 1 aromatic heterocycles. The first-order valence-electron chi connectivity index (χ1n) is 9.03. The maximum absolute atomic E-state index is 6.55. The molecule has 0 bridgehead atoms. The van der Waals surface area contributed by atoms with E-state index in [1.807, 2.05) is 35.4 Å². The molecule has 6 N–H and O–H groups in total. The number of hydrogen-bond donors (Lipinski definition) is 3. The summed E-state index contributed by atoms with van der Waals surface area (Å²) >= 11 is 0. The SMILES string of the molecule is CCCCCN1C(N)=Nc2ccn(Cc3cc(N)ccc3OC)c2C1N. The standard InChI is InChI=1S/C19H28N6O/c1-3-4-5-9-25-18(21)17-15(23-19(25)22)8-10-24(17)12-13-11-14(20)6-7-16(13)26-2/h6-8,10-11,18H,3-5,9,12,20-21H2,1-2H3,(H2,22,23). The maximum Gasteiger partial charge on any atom is 0.198 e. The van der Waals surface area contributed by atoms with Crippen molar-refractivity contribution in [3.05, 3.63) is 41.7 Å². The monoisotopic (exact) mass is 356 g/mol. The summed E-state index contributed by atoms with van der Waals surface area (Å²) in [6.07, 6.45) is 5.00. The van der Waals surface area contributed by atoms with E-state index in [0.717, 1.165) is 48.5 Å². The number of nitrogen functional groups attached to an aromatic ring is 1. The average molecular weight is 356 g/mol. The molecule has 1 unspecified atom stereocenters. The van der Waals surface area contributed by atoms with E-state index in [9.17, 15) is 0 Å². The molecule has 0 saturated heterocycles. The van der Waals surface area contributed by atoms with Crippen molar-refractivity contribution in [1.29, 1.82) is 0 Å². The second kappa shape index (κ2) is 7.70. The Labute approximate surface area is 154 Å². The number of unbranched alkanes of at least 4 members (excludes halogenated alkanes) is 2. The summed E-state index contributed by atoms with van der Waals surface area (Å²) in [6, 6.07) is 7.59. The first-order chi connectivity index (χ1) is 12.5. The predicted molar refractivity (Wildman–Crippen MR) is 105 cm³/mol. The lowest BCUT2D eigenvalue weighted by Gasteiger charge is -2.34. The molecule has 26 heavy (non-hydrogen) atoms. The van der Waals surface area contributed by atoms with Gasteiger partial charge in [-0.05, 0) is 30.7 Å². The largest absolute Gasteiger partial charge is 0.496 e. The maximum atomic E-state index is 6.55. The summed E-state index contributed by atoms with van der Waals surface area (Å²) in [5, 5.41) is 0. The number of nitrogens with two attached hydrogens (primary N) is 3. The van der Waals surface area contributed by atoms with E-state index in [1.54, 1.807) is 7.11 Å². The van der Waals surface area contributed by atoms with Crippen LogP contribution in [0.5, 0.6) is 5.75 Å². The average Bonchev–Trinajstić information content (AvgIpc) is 3.00. The summed E-state index contributed by atoms with van der Waals surface area (Å²) in [4.78, 5) is 6.52. The van der Waals surface area contributed by atoms with Crippen LogP contribution in [-0.2, 0) is 6.54 Å². The molecule has 1 aromatic carbocycles. The summed E-state index contributed by atoms with van der Waals surface area (Å²) in [5.74, 6) is 1.29. The fourth-order valence-corrected chi connectivity index (χ4v) is 3.40. The molecule has 3 rings (SSSR count). The Balaban J connectivity index is 1.89. The first-order valence-corrected chi connectivity index (χ1v) is 9.03. The van der Waals surface area contributed by atoms with E-state index in [0.29, 0.717) is 18.2 Å². The molecule has 0 radical (unpaired) electrons. The number of anilines is 1. The lowest BCUT2D eigenvalue weighted by Crippen LogP contribution is -2.46. The van der Waals surface area contributed by atoms with E-state index in [4.69, 9.17) is 21.9 Å². The molecule has 0 amide bonds. The zero-order chi connectivity index (χ0) is 18.7. The van der Waals surface area contributed by atoms with Gasteiger partial charge in [-0.3, -0.25) is 0 Å². The Morgan fingerprint density at radius 3 is 2.73 bits per heavy atom. The van der Waals surface area contributed by atoms with Crippen molar-refractivity contribution < 1.29 is 4.74 Å². The zero-order valence-corrected chi connectivity index (χ0v) is 15.5. The molecule has 0 fully saturated rings. The van der Waals surface area contributed by atoms with Gasteiger partial charge in [0.1, 0.15) is 11.9 Å². The lowest BCUT2D eigenvalue weighted by molar-refractivity contribution is 0.295. The van der Waals surface area contributed by atoms with Gasteiger partial charge in [0.05, 0.1) is 25.0 Å². The Bertz CT molecular complexity index is 797. The van der Waals surface area contributed by atoms with Gasteiger partial charge >= 0.3 is 0 Å². The molecule has 2 heterocycles. The van der Waals surface area contributed by atoms with Crippen molar-refractivity contribution in [2.45, 2.75) is 38.9 Å². The van der Waals surface area contributed by atoms with Crippen molar-refractivity contribution in [2.75, 3.05) is 19.4 Å². The molecular formula is C19H28N6O. The minimum atomic E-state index is -0.318. The quantitative estimate of drug-likeness (QED) is 0.522. The third-order valence-electron chi connectivity index (χ3n) is 4.78. The highest BCUT2D eigenvalue weighted by Gasteiger charge is 2.28. The molecule has 0 aliphatic carbocycles. The van der Waals surface area contributed by atoms with Gasteiger partial charge in [0.2, 0.25) is 0 Å². The lowest BCUT2D eigenvalue weighted by atomic mass is 10.1. The minimum Gasteiger partial charge on any atom is -0.496 e. The number of aromatic nitrogens is 1. The van der Waals surface area contributed by atoms with Crippen molar-refractivity contribution in [3.8, 4) is 5.75 Å². The van der Waals surface area contributed by atoms with Gasteiger partial charge in [0.15, 0.2) is 5.96 Å². The molecule has 2 aromatic rings. The molecule has 1 aliphatic rings. The third-order valence-corrected chi connectivity index (χ3v) is 4.78. The summed E-state index contributed by atoms with van der Waals surface area (Å²) in [5.41, 5.74) is 22.1. The summed E-state index contributed by atoms with van der Waals surface area (Å²) < 4.78 is 7.56. The number of ether oxygens (including phenoxy) is 1. The van der Waals surface area contributed by atoms with Gasteiger partial charge in [-0.1, -0.05) is 19.8 Å². The van der Waals surface area contributed by atoms with Crippen molar-refractivity contribution in [2.24, 2.45) is 16.5 Å².